The third-order valence-electron chi connectivity index (χ3n) is 6.16. The lowest BCUT2D eigenvalue weighted by molar-refractivity contribution is 0.0982. The summed E-state index contributed by atoms with van der Waals surface area (Å²) in [6.07, 6.45) is 4.23. The Labute approximate surface area is 209 Å². The Balaban J connectivity index is 1.54. The summed E-state index contributed by atoms with van der Waals surface area (Å²) in [6, 6.07) is 25.6. The molecule has 5 aromatic rings. The number of hydrogen-bond acceptors (Lipinski definition) is 5. The first-order valence-electron chi connectivity index (χ1n) is 11.8. The molecule has 178 valence electrons. The van der Waals surface area contributed by atoms with Crippen LogP contribution < -0.4 is 4.90 Å². The lowest BCUT2D eigenvalue weighted by Crippen LogP contribution is -2.30. The Morgan fingerprint density at radius 1 is 0.917 bits per heavy atom. The highest BCUT2D eigenvalue weighted by molar-refractivity contribution is 6.08. The van der Waals surface area contributed by atoms with Crippen molar-refractivity contribution in [1.29, 1.82) is 0 Å². The minimum atomic E-state index is -0.387. The SMILES string of the molecule is CCc1cc2ccccc2nc1-c1ccc(N(Cc2cccnc2)C(=O)c2ccc(O)cc2O)cc1. The molecule has 3 aromatic carbocycles. The van der Waals surface area contributed by atoms with Gasteiger partial charge in [0.05, 0.1) is 23.3 Å². The smallest absolute Gasteiger partial charge is 0.262 e. The van der Waals surface area contributed by atoms with E-state index in [2.05, 4.69) is 24.0 Å². The molecular formula is C30H25N3O3. The Morgan fingerprint density at radius 3 is 2.44 bits per heavy atom. The number of aromatic hydroxyl groups is 2. The Bertz CT molecular complexity index is 1530. The molecule has 2 aromatic heterocycles. The highest BCUT2D eigenvalue weighted by Crippen LogP contribution is 2.31. The number of pyridine rings is 2. The molecule has 2 N–H and O–H groups in total. The van der Waals surface area contributed by atoms with E-state index in [4.69, 9.17) is 4.98 Å². The number of aromatic nitrogens is 2. The van der Waals surface area contributed by atoms with Crippen LogP contribution in [0.25, 0.3) is 22.2 Å². The molecule has 1 amide bonds. The second-order valence-corrected chi connectivity index (χ2v) is 8.54. The number of rotatable bonds is 6. The van der Waals surface area contributed by atoms with Crippen molar-refractivity contribution in [2.24, 2.45) is 0 Å². The van der Waals surface area contributed by atoms with Crippen molar-refractivity contribution in [1.82, 2.24) is 9.97 Å². The quantitative estimate of drug-likeness (QED) is 0.309. The number of fused-ring (bicyclic) bond motifs is 1. The number of aryl methyl sites for hydroxylation is 1. The zero-order valence-electron chi connectivity index (χ0n) is 19.8. The monoisotopic (exact) mass is 475 g/mol. The van der Waals surface area contributed by atoms with Crippen molar-refractivity contribution in [2.75, 3.05) is 4.90 Å². The molecule has 0 aliphatic rings. The predicted molar refractivity (Wildman–Crippen MR) is 141 cm³/mol. The lowest BCUT2D eigenvalue weighted by Gasteiger charge is -2.24. The van der Waals surface area contributed by atoms with Gasteiger partial charge in [0.2, 0.25) is 0 Å². The maximum atomic E-state index is 13.5. The van der Waals surface area contributed by atoms with Crippen LogP contribution in [0.15, 0.2) is 97.3 Å². The van der Waals surface area contributed by atoms with E-state index >= 15 is 0 Å². The summed E-state index contributed by atoms with van der Waals surface area (Å²) in [7, 11) is 0. The van der Waals surface area contributed by atoms with E-state index in [9.17, 15) is 15.0 Å². The van der Waals surface area contributed by atoms with Gasteiger partial charge in [-0.2, -0.15) is 0 Å². The number of hydrogen-bond donors (Lipinski definition) is 2. The van der Waals surface area contributed by atoms with Gasteiger partial charge in [-0.25, -0.2) is 4.98 Å². The van der Waals surface area contributed by atoms with Crippen LogP contribution in [0.5, 0.6) is 11.5 Å². The van der Waals surface area contributed by atoms with E-state index < -0.39 is 0 Å². The Hall–Kier alpha value is -4.71. The molecule has 2 heterocycles. The minimum Gasteiger partial charge on any atom is -0.508 e. The van der Waals surface area contributed by atoms with Crippen LogP contribution >= 0.6 is 0 Å². The van der Waals surface area contributed by atoms with Crippen LogP contribution in [0.2, 0.25) is 0 Å². The fourth-order valence-electron chi connectivity index (χ4n) is 4.28. The largest absolute Gasteiger partial charge is 0.508 e. The number of benzene rings is 3. The summed E-state index contributed by atoms with van der Waals surface area (Å²) in [5.74, 6) is -0.773. The number of phenols is 2. The Kier molecular flexibility index (Phi) is 6.33. The van der Waals surface area contributed by atoms with Gasteiger partial charge in [-0.05, 0) is 60.0 Å². The number of phenolic OH excluding ortho intramolecular Hbond substituents is 2. The van der Waals surface area contributed by atoms with Crippen molar-refractivity contribution < 1.29 is 15.0 Å². The number of amides is 1. The molecule has 0 fully saturated rings. The molecule has 36 heavy (non-hydrogen) atoms. The molecule has 5 rings (SSSR count). The molecule has 0 radical (unpaired) electrons. The third kappa shape index (κ3) is 4.61. The van der Waals surface area contributed by atoms with Crippen molar-refractivity contribution in [2.45, 2.75) is 19.9 Å². The average molecular weight is 476 g/mol. The fraction of sp³-hybridized carbons (Fsp3) is 0.100. The van der Waals surface area contributed by atoms with Crippen LogP contribution in [0.4, 0.5) is 5.69 Å². The summed E-state index contributed by atoms with van der Waals surface area (Å²) >= 11 is 0. The predicted octanol–water partition coefficient (Wildman–Crippen LogP) is 6.12. The van der Waals surface area contributed by atoms with Crippen molar-refractivity contribution >= 4 is 22.5 Å². The van der Waals surface area contributed by atoms with Crippen LogP contribution in [0.1, 0.15) is 28.4 Å². The highest BCUT2D eigenvalue weighted by Gasteiger charge is 2.22. The lowest BCUT2D eigenvalue weighted by atomic mass is 10.0. The second-order valence-electron chi connectivity index (χ2n) is 8.54. The maximum Gasteiger partial charge on any atom is 0.262 e. The van der Waals surface area contributed by atoms with Gasteiger partial charge < -0.3 is 15.1 Å². The van der Waals surface area contributed by atoms with E-state index in [-0.39, 0.29) is 29.5 Å². The van der Waals surface area contributed by atoms with Gasteiger partial charge in [0.15, 0.2) is 0 Å². The molecule has 6 heteroatoms. The highest BCUT2D eigenvalue weighted by atomic mass is 16.3. The number of para-hydroxylation sites is 1. The van der Waals surface area contributed by atoms with E-state index in [1.807, 2.05) is 54.6 Å². The first-order valence-corrected chi connectivity index (χ1v) is 11.8. The molecule has 0 spiro atoms. The van der Waals surface area contributed by atoms with Gasteiger partial charge in [-0.3, -0.25) is 9.78 Å². The summed E-state index contributed by atoms with van der Waals surface area (Å²) in [6.45, 7) is 2.38. The van der Waals surface area contributed by atoms with Crippen molar-refractivity contribution in [3.05, 3.63) is 114 Å². The molecule has 0 saturated carbocycles. The van der Waals surface area contributed by atoms with E-state index in [0.717, 1.165) is 45.8 Å². The molecule has 0 atom stereocenters. The topological polar surface area (TPSA) is 86.6 Å². The summed E-state index contributed by atoms with van der Waals surface area (Å²) in [5.41, 5.74) is 5.58. The van der Waals surface area contributed by atoms with Gasteiger partial charge in [0, 0.05) is 35.1 Å². The normalized spacial score (nSPS) is 10.9. The molecule has 0 bridgehead atoms. The van der Waals surface area contributed by atoms with E-state index in [0.29, 0.717) is 5.69 Å². The fourth-order valence-corrected chi connectivity index (χ4v) is 4.28. The van der Waals surface area contributed by atoms with Crippen molar-refractivity contribution in [3.8, 4) is 22.8 Å². The second kappa shape index (κ2) is 9.88. The number of carbonyl (C=O) groups excluding carboxylic acids is 1. The van der Waals surface area contributed by atoms with Gasteiger partial charge >= 0.3 is 0 Å². The zero-order valence-corrected chi connectivity index (χ0v) is 19.8. The van der Waals surface area contributed by atoms with Gasteiger partial charge in [0.25, 0.3) is 5.91 Å². The van der Waals surface area contributed by atoms with Crippen molar-refractivity contribution in [3.63, 3.8) is 0 Å². The van der Waals surface area contributed by atoms with Crippen LogP contribution in [-0.4, -0.2) is 26.1 Å². The first-order chi connectivity index (χ1) is 17.5. The summed E-state index contributed by atoms with van der Waals surface area (Å²) < 4.78 is 0. The minimum absolute atomic E-state index is 0.102. The molecule has 0 aliphatic carbocycles. The summed E-state index contributed by atoms with van der Waals surface area (Å²) in [5, 5.41) is 21.1. The van der Waals surface area contributed by atoms with Crippen LogP contribution in [-0.2, 0) is 13.0 Å². The van der Waals surface area contributed by atoms with Gasteiger partial charge in [-0.15, -0.1) is 0 Å². The number of carbonyl (C=O) groups is 1. The van der Waals surface area contributed by atoms with Crippen LogP contribution in [0.3, 0.4) is 0 Å². The van der Waals surface area contributed by atoms with Gasteiger partial charge in [0.1, 0.15) is 11.5 Å². The summed E-state index contributed by atoms with van der Waals surface area (Å²) in [4.78, 5) is 24.2. The van der Waals surface area contributed by atoms with Gasteiger partial charge in [-0.1, -0.05) is 43.3 Å². The standard InChI is InChI=1S/C30H25N3O3/c1-2-21-16-23-7-3-4-8-27(23)32-29(21)22-9-11-24(12-10-22)33(19-20-6-5-15-31-18-20)30(36)26-14-13-25(34)17-28(26)35/h3-18,34-35H,2,19H2,1H3. The van der Waals surface area contributed by atoms with Crippen LogP contribution in [0, 0.1) is 0 Å². The average Bonchev–Trinajstić information content (AvgIpc) is 2.91. The molecule has 6 nitrogen and oxygen atoms in total. The number of nitrogens with zero attached hydrogens (tertiary/aromatic N) is 3. The molecule has 0 saturated heterocycles. The third-order valence-corrected chi connectivity index (χ3v) is 6.16. The maximum absolute atomic E-state index is 13.5. The van der Waals surface area contributed by atoms with E-state index in [1.54, 1.807) is 17.3 Å². The molecule has 0 aliphatic heterocycles. The molecular weight excluding hydrogens is 450 g/mol. The number of anilines is 1. The zero-order chi connectivity index (χ0) is 25.1. The Morgan fingerprint density at radius 2 is 1.72 bits per heavy atom. The first kappa shape index (κ1) is 23.1. The van der Waals surface area contributed by atoms with E-state index in [1.165, 1.54) is 12.1 Å². The molecule has 0 unspecified atom stereocenters.